The molecule has 0 atom stereocenters. The largest absolute Gasteiger partial charge is 0.479 e. The Morgan fingerprint density at radius 1 is 1.29 bits per heavy atom. The molecule has 0 unspecified atom stereocenters. The molecule has 3 aromatic heterocycles. The quantitative estimate of drug-likeness (QED) is 0.455. The lowest BCUT2D eigenvalue weighted by Gasteiger charge is -1.99. The molecule has 3 aromatic rings. The number of unbranched alkanes of at least 4 members (excludes halogenated alkanes) is 1. The first kappa shape index (κ1) is 16.7. The van der Waals surface area contributed by atoms with Crippen LogP contribution in [0, 0.1) is 0 Å². The van der Waals surface area contributed by atoms with Crippen LogP contribution in [0.25, 0.3) is 11.0 Å². The van der Waals surface area contributed by atoms with Crippen molar-refractivity contribution in [3.63, 3.8) is 0 Å². The van der Waals surface area contributed by atoms with Gasteiger partial charge in [0.25, 0.3) is 0 Å². The van der Waals surface area contributed by atoms with E-state index in [4.69, 9.17) is 25.5 Å². The zero-order chi connectivity index (χ0) is 16.9. The van der Waals surface area contributed by atoms with Gasteiger partial charge in [0.05, 0.1) is 19.9 Å². The van der Waals surface area contributed by atoms with Crippen LogP contribution in [0.4, 0.5) is 0 Å². The summed E-state index contributed by atoms with van der Waals surface area (Å²) in [7, 11) is 1.51. The molecule has 0 saturated carbocycles. The molecule has 3 rings (SSSR count). The highest BCUT2D eigenvalue weighted by atomic mass is 35.5. The molecule has 0 fully saturated rings. The molecule has 0 saturated heterocycles. The smallest absolute Gasteiger partial charge is 0.246 e. The van der Waals surface area contributed by atoms with Crippen LogP contribution >= 0.6 is 11.6 Å². The molecule has 0 radical (unpaired) electrons. The molecule has 3 heterocycles. The lowest BCUT2D eigenvalue weighted by molar-refractivity contribution is 0.100. The monoisotopic (exact) mass is 351 g/mol. The molecule has 0 amide bonds. The van der Waals surface area contributed by atoms with Crippen molar-refractivity contribution in [1.82, 2.24) is 24.7 Å². The van der Waals surface area contributed by atoms with E-state index in [1.54, 1.807) is 17.1 Å². The van der Waals surface area contributed by atoms with Crippen molar-refractivity contribution in [2.45, 2.75) is 32.9 Å². The van der Waals surface area contributed by atoms with Crippen molar-refractivity contribution >= 4 is 22.6 Å². The van der Waals surface area contributed by atoms with Gasteiger partial charge in [-0.15, -0.1) is 0 Å². The minimum absolute atomic E-state index is 0.117. The Bertz CT molecular complexity index is 817. The summed E-state index contributed by atoms with van der Waals surface area (Å²) in [6, 6.07) is 0. The van der Waals surface area contributed by atoms with Crippen LogP contribution in [0.1, 0.15) is 31.4 Å². The summed E-state index contributed by atoms with van der Waals surface area (Å²) < 4.78 is 17.8. The fourth-order valence-electron chi connectivity index (χ4n) is 2.19. The number of oxazole rings is 1. The standard InChI is InChI=1S/C15H18ClN5O3/c1-3-4-5-23-9-12-17-10(8-24-12)6-21-7-11-13(20-21)14(22-2)19-15(16)18-11/h7-8H,3-6,9H2,1-2H3. The van der Waals surface area contributed by atoms with Gasteiger partial charge in [-0.1, -0.05) is 13.3 Å². The molecule has 0 N–H and O–H groups in total. The fourth-order valence-corrected chi connectivity index (χ4v) is 2.36. The molecule has 0 aliphatic carbocycles. The van der Waals surface area contributed by atoms with E-state index in [2.05, 4.69) is 27.0 Å². The van der Waals surface area contributed by atoms with E-state index in [1.165, 1.54) is 7.11 Å². The Morgan fingerprint density at radius 3 is 2.96 bits per heavy atom. The maximum absolute atomic E-state index is 5.87. The summed E-state index contributed by atoms with van der Waals surface area (Å²) in [5.74, 6) is 0.896. The predicted molar refractivity (Wildman–Crippen MR) is 87.1 cm³/mol. The molecule has 0 aliphatic rings. The molecule has 0 spiro atoms. The summed E-state index contributed by atoms with van der Waals surface area (Å²) in [4.78, 5) is 12.5. The van der Waals surface area contributed by atoms with Gasteiger partial charge in [-0.2, -0.15) is 10.1 Å². The number of fused-ring (bicyclic) bond motifs is 1. The predicted octanol–water partition coefficient (Wildman–Crippen LogP) is 2.84. The average molecular weight is 352 g/mol. The van der Waals surface area contributed by atoms with Crippen LogP contribution in [0.2, 0.25) is 5.28 Å². The Balaban J connectivity index is 1.70. The van der Waals surface area contributed by atoms with Gasteiger partial charge in [0.2, 0.25) is 17.1 Å². The van der Waals surface area contributed by atoms with Gasteiger partial charge < -0.3 is 13.9 Å². The Kier molecular flexibility index (Phi) is 5.27. The minimum Gasteiger partial charge on any atom is -0.479 e. The number of aromatic nitrogens is 5. The SMILES string of the molecule is CCCCOCc1nc(Cn2cc3nc(Cl)nc(OC)c3n2)co1. The van der Waals surface area contributed by atoms with Crippen molar-refractivity contribution < 1.29 is 13.9 Å². The van der Waals surface area contributed by atoms with Crippen LogP contribution in [0.3, 0.4) is 0 Å². The molecule has 0 bridgehead atoms. The lowest BCUT2D eigenvalue weighted by atomic mass is 10.4. The Labute approximate surface area is 143 Å². The Hall–Kier alpha value is -2.19. The Morgan fingerprint density at radius 2 is 2.17 bits per heavy atom. The number of nitrogens with zero attached hydrogens (tertiary/aromatic N) is 5. The number of halogens is 1. The van der Waals surface area contributed by atoms with Gasteiger partial charge in [0.1, 0.15) is 24.1 Å². The van der Waals surface area contributed by atoms with E-state index in [9.17, 15) is 0 Å². The highest BCUT2D eigenvalue weighted by Crippen LogP contribution is 2.22. The van der Waals surface area contributed by atoms with E-state index < -0.39 is 0 Å². The summed E-state index contributed by atoms with van der Waals surface area (Å²) >= 11 is 5.87. The van der Waals surface area contributed by atoms with Gasteiger partial charge in [-0.25, -0.2) is 9.97 Å². The third-order valence-corrected chi connectivity index (χ3v) is 3.50. The maximum atomic E-state index is 5.87. The first-order valence-corrected chi connectivity index (χ1v) is 8.03. The van der Waals surface area contributed by atoms with Crippen LogP contribution in [0.5, 0.6) is 5.88 Å². The number of hydrogen-bond acceptors (Lipinski definition) is 7. The van der Waals surface area contributed by atoms with E-state index >= 15 is 0 Å². The van der Waals surface area contributed by atoms with E-state index in [-0.39, 0.29) is 5.28 Å². The van der Waals surface area contributed by atoms with Crippen LogP contribution in [-0.4, -0.2) is 38.4 Å². The summed E-state index contributed by atoms with van der Waals surface area (Å²) in [5, 5.41) is 4.53. The number of methoxy groups -OCH3 is 1. The number of ether oxygens (including phenoxy) is 2. The molecule has 9 heteroatoms. The highest BCUT2D eigenvalue weighted by Gasteiger charge is 2.13. The second-order valence-corrected chi connectivity index (χ2v) is 5.54. The van der Waals surface area contributed by atoms with Crippen LogP contribution in [0.15, 0.2) is 16.9 Å². The van der Waals surface area contributed by atoms with Crippen molar-refractivity contribution in [2.24, 2.45) is 0 Å². The van der Waals surface area contributed by atoms with E-state index in [1.807, 2.05) is 0 Å². The lowest BCUT2D eigenvalue weighted by Crippen LogP contribution is -2.01. The summed E-state index contributed by atoms with van der Waals surface area (Å²) in [6.07, 6.45) is 5.48. The van der Waals surface area contributed by atoms with Crippen LogP contribution < -0.4 is 4.74 Å². The second-order valence-electron chi connectivity index (χ2n) is 5.20. The summed E-state index contributed by atoms with van der Waals surface area (Å²) in [5.41, 5.74) is 1.90. The zero-order valence-corrected chi connectivity index (χ0v) is 14.3. The second kappa shape index (κ2) is 7.59. The van der Waals surface area contributed by atoms with Crippen molar-refractivity contribution in [1.29, 1.82) is 0 Å². The van der Waals surface area contributed by atoms with Gasteiger partial charge in [0.15, 0.2) is 5.52 Å². The van der Waals surface area contributed by atoms with Gasteiger partial charge in [-0.05, 0) is 18.0 Å². The molecule has 0 aliphatic heterocycles. The molecule has 0 aromatic carbocycles. The number of hydrogen-bond donors (Lipinski definition) is 0. The van der Waals surface area contributed by atoms with Gasteiger partial charge in [0, 0.05) is 6.61 Å². The van der Waals surface area contributed by atoms with Gasteiger partial charge >= 0.3 is 0 Å². The molecular weight excluding hydrogens is 334 g/mol. The van der Waals surface area contributed by atoms with Crippen molar-refractivity contribution in [3.8, 4) is 5.88 Å². The summed E-state index contributed by atoms with van der Waals surface area (Å²) in [6.45, 7) is 3.64. The van der Waals surface area contributed by atoms with Crippen LogP contribution in [-0.2, 0) is 17.9 Å². The fraction of sp³-hybridized carbons (Fsp3) is 0.467. The maximum Gasteiger partial charge on any atom is 0.246 e. The molecule has 128 valence electrons. The van der Waals surface area contributed by atoms with E-state index in [0.29, 0.717) is 42.6 Å². The highest BCUT2D eigenvalue weighted by molar-refractivity contribution is 6.28. The topological polar surface area (TPSA) is 88.1 Å². The van der Waals surface area contributed by atoms with Crippen molar-refractivity contribution in [3.05, 3.63) is 29.3 Å². The third-order valence-electron chi connectivity index (χ3n) is 3.34. The first-order chi connectivity index (χ1) is 11.7. The first-order valence-electron chi connectivity index (χ1n) is 7.65. The van der Waals surface area contributed by atoms with Crippen molar-refractivity contribution in [2.75, 3.05) is 13.7 Å². The minimum atomic E-state index is 0.117. The third kappa shape index (κ3) is 3.82. The van der Waals surface area contributed by atoms with Gasteiger partial charge in [-0.3, -0.25) is 4.68 Å². The molecule has 8 nitrogen and oxygen atoms in total. The molecule has 24 heavy (non-hydrogen) atoms. The number of rotatable bonds is 8. The van der Waals surface area contributed by atoms with E-state index in [0.717, 1.165) is 18.5 Å². The average Bonchev–Trinajstić information content (AvgIpc) is 3.17. The zero-order valence-electron chi connectivity index (χ0n) is 13.5. The molecular formula is C15H18ClN5O3. The normalized spacial score (nSPS) is 11.3.